The van der Waals surface area contributed by atoms with Gasteiger partial charge in [0.1, 0.15) is 17.2 Å². The van der Waals surface area contributed by atoms with E-state index in [0.29, 0.717) is 22.6 Å². The number of hydrogen-bond acceptors (Lipinski definition) is 5. The van der Waals surface area contributed by atoms with E-state index in [1.54, 1.807) is 37.4 Å². The zero-order valence-electron chi connectivity index (χ0n) is 14.2. The maximum atomic E-state index is 13.2. The molecule has 0 bridgehead atoms. The Hall–Kier alpha value is -3.33. The van der Waals surface area contributed by atoms with E-state index in [4.69, 9.17) is 0 Å². The number of sulfone groups is 1. The van der Waals surface area contributed by atoms with Gasteiger partial charge in [-0.25, -0.2) is 17.8 Å². The first-order chi connectivity index (χ1) is 13.0. The van der Waals surface area contributed by atoms with E-state index >= 15 is 0 Å². The summed E-state index contributed by atoms with van der Waals surface area (Å²) in [5.41, 5.74) is 2.01. The Balaban J connectivity index is 1.81. The molecule has 0 radical (unpaired) electrons. The van der Waals surface area contributed by atoms with Crippen molar-refractivity contribution in [1.82, 2.24) is 25.0 Å². The summed E-state index contributed by atoms with van der Waals surface area (Å²) in [5, 5.41) is 10.7. The second kappa shape index (κ2) is 6.44. The summed E-state index contributed by atoms with van der Waals surface area (Å²) < 4.78 is 40.4. The molecule has 27 heavy (non-hydrogen) atoms. The van der Waals surface area contributed by atoms with Gasteiger partial charge in [-0.1, -0.05) is 18.2 Å². The van der Waals surface area contributed by atoms with Crippen LogP contribution in [0.3, 0.4) is 0 Å². The van der Waals surface area contributed by atoms with Crippen molar-refractivity contribution in [3.63, 3.8) is 0 Å². The highest BCUT2D eigenvalue weighted by Crippen LogP contribution is 2.30. The summed E-state index contributed by atoms with van der Waals surface area (Å²) in [6.07, 6.45) is 1.43. The maximum absolute atomic E-state index is 13.2. The van der Waals surface area contributed by atoms with Gasteiger partial charge in [-0.15, -0.1) is 0 Å². The molecule has 0 fully saturated rings. The van der Waals surface area contributed by atoms with Gasteiger partial charge < -0.3 is 4.57 Å². The molecule has 0 spiro atoms. The standard InChI is InChI=1S/C18H14FN5O2S/c1-24-15(11-20-18(24)27(25,26)14-5-3-2-4-6-14)17-16(21-23-22-17)12-7-9-13(19)10-8-12/h2-11H,1H3,(H,21,22,23). The zero-order chi connectivity index (χ0) is 19.0. The van der Waals surface area contributed by atoms with Gasteiger partial charge in [-0.2, -0.15) is 15.4 Å². The Morgan fingerprint density at radius 3 is 2.33 bits per heavy atom. The lowest BCUT2D eigenvalue weighted by atomic mass is 10.1. The molecule has 4 rings (SSSR count). The highest BCUT2D eigenvalue weighted by Gasteiger charge is 2.26. The van der Waals surface area contributed by atoms with Gasteiger partial charge in [0.15, 0.2) is 0 Å². The minimum Gasteiger partial charge on any atom is -0.316 e. The minimum atomic E-state index is -3.78. The van der Waals surface area contributed by atoms with Crippen molar-refractivity contribution in [2.75, 3.05) is 0 Å². The van der Waals surface area contributed by atoms with Gasteiger partial charge in [0.2, 0.25) is 15.0 Å². The molecule has 136 valence electrons. The van der Waals surface area contributed by atoms with Gasteiger partial charge in [0.05, 0.1) is 16.8 Å². The summed E-state index contributed by atoms with van der Waals surface area (Å²) in [4.78, 5) is 4.26. The maximum Gasteiger partial charge on any atom is 0.240 e. The Morgan fingerprint density at radius 2 is 1.63 bits per heavy atom. The van der Waals surface area contributed by atoms with Crippen LogP contribution >= 0.6 is 0 Å². The Labute approximate surface area is 154 Å². The first-order valence-corrected chi connectivity index (χ1v) is 9.46. The van der Waals surface area contributed by atoms with Crippen LogP contribution in [-0.2, 0) is 16.9 Å². The number of rotatable bonds is 4. The van der Waals surface area contributed by atoms with Crippen LogP contribution in [0.2, 0.25) is 0 Å². The molecule has 0 aliphatic carbocycles. The Kier molecular flexibility index (Phi) is 4.08. The third-order valence-electron chi connectivity index (χ3n) is 4.15. The second-order valence-electron chi connectivity index (χ2n) is 5.83. The molecule has 9 heteroatoms. The van der Waals surface area contributed by atoms with Crippen LogP contribution in [0.15, 0.2) is 70.8 Å². The first kappa shape index (κ1) is 17.1. The van der Waals surface area contributed by atoms with Crippen LogP contribution in [-0.4, -0.2) is 33.4 Å². The van der Waals surface area contributed by atoms with Crippen molar-refractivity contribution in [2.45, 2.75) is 10.1 Å². The first-order valence-electron chi connectivity index (χ1n) is 7.97. The fourth-order valence-electron chi connectivity index (χ4n) is 2.79. The number of imidazole rings is 1. The number of nitrogens with one attached hydrogen (secondary N) is 1. The molecule has 0 atom stereocenters. The average Bonchev–Trinajstić information content (AvgIpc) is 3.29. The number of nitrogens with zero attached hydrogens (tertiary/aromatic N) is 4. The van der Waals surface area contributed by atoms with Crippen LogP contribution in [0.5, 0.6) is 0 Å². The molecule has 2 heterocycles. The van der Waals surface area contributed by atoms with E-state index in [-0.39, 0.29) is 15.9 Å². The smallest absolute Gasteiger partial charge is 0.240 e. The van der Waals surface area contributed by atoms with Crippen molar-refractivity contribution in [3.05, 3.63) is 66.6 Å². The van der Waals surface area contributed by atoms with Gasteiger partial charge in [0, 0.05) is 12.6 Å². The molecule has 4 aromatic rings. The molecular formula is C18H14FN5O2S. The number of benzene rings is 2. The fourth-order valence-corrected chi connectivity index (χ4v) is 4.16. The molecule has 0 aliphatic rings. The predicted molar refractivity (Wildman–Crippen MR) is 95.9 cm³/mol. The Bertz CT molecular complexity index is 1200. The lowest BCUT2D eigenvalue weighted by Crippen LogP contribution is -2.09. The van der Waals surface area contributed by atoms with Crippen LogP contribution in [0.1, 0.15) is 0 Å². The number of halogens is 1. The van der Waals surface area contributed by atoms with Crippen LogP contribution in [0.25, 0.3) is 22.6 Å². The summed E-state index contributed by atoms with van der Waals surface area (Å²) in [6.45, 7) is 0. The van der Waals surface area contributed by atoms with Crippen molar-refractivity contribution >= 4 is 9.84 Å². The lowest BCUT2D eigenvalue weighted by Gasteiger charge is -2.07. The number of aromatic amines is 1. The van der Waals surface area contributed by atoms with E-state index in [1.165, 1.54) is 35.0 Å². The van der Waals surface area contributed by atoms with Crippen LogP contribution in [0.4, 0.5) is 4.39 Å². The van der Waals surface area contributed by atoms with E-state index in [2.05, 4.69) is 20.4 Å². The van der Waals surface area contributed by atoms with E-state index < -0.39 is 9.84 Å². The molecule has 0 saturated carbocycles. The summed E-state index contributed by atoms with van der Waals surface area (Å²) >= 11 is 0. The normalized spacial score (nSPS) is 11.6. The number of hydrogen-bond donors (Lipinski definition) is 1. The molecule has 7 nitrogen and oxygen atoms in total. The molecule has 0 saturated heterocycles. The van der Waals surface area contributed by atoms with Crippen LogP contribution < -0.4 is 0 Å². The van der Waals surface area contributed by atoms with Crippen molar-refractivity contribution < 1.29 is 12.8 Å². The summed E-state index contributed by atoms with van der Waals surface area (Å²) in [7, 11) is -2.18. The fraction of sp³-hybridized carbons (Fsp3) is 0.0556. The monoisotopic (exact) mass is 383 g/mol. The lowest BCUT2D eigenvalue weighted by molar-refractivity contribution is 0.579. The molecule has 2 aromatic heterocycles. The van der Waals surface area contributed by atoms with Gasteiger partial charge >= 0.3 is 0 Å². The van der Waals surface area contributed by atoms with E-state index in [9.17, 15) is 12.8 Å². The minimum absolute atomic E-state index is 0.100. The SMILES string of the molecule is Cn1c(-c2n[nH]nc2-c2ccc(F)cc2)cnc1S(=O)(=O)c1ccccc1. The van der Waals surface area contributed by atoms with E-state index in [0.717, 1.165) is 0 Å². The molecular weight excluding hydrogens is 369 g/mol. The van der Waals surface area contributed by atoms with Crippen LogP contribution in [0, 0.1) is 5.82 Å². The van der Waals surface area contributed by atoms with Gasteiger partial charge in [-0.05, 0) is 36.4 Å². The molecule has 2 aromatic carbocycles. The Morgan fingerprint density at radius 1 is 0.963 bits per heavy atom. The van der Waals surface area contributed by atoms with Crippen molar-refractivity contribution in [2.24, 2.45) is 7.05 Å². The largest absolute Gasteiger partial charge is 0.316 e. The molecule has 0 aliphatic heterocycles. The number of H-pyrrole nitrogens is 1. The summed E-state index contributed by atoms with van der Waals surface area (Å²) in [6, 6.07) is 13.9. The highest BCUT2D eigenvalue weighted by molar-refractivity contribution is 7.91. The third-order valence-corrected chi connectivity index (χ3v) is 5.90. The van der Waals surface area contributed by atoms with Crippen molar-refractivity contribution in [3.8, 4) is 22.6 Å². The quantitative estimate of drug-likeness (QED) is 0.585. The molecule has 1 N–H and O–H groups in total. The van der Waals surface area contributed by atoms with E-state index in [1.807, 2.05) is 0 Å². The van der Waals surface area contributed by atoms with Gasteiger partial charge in [0.25, 0.3) is 0 Å². The second-order valence-corrected chi connectivity index (χ2v) is 7.67. The van der Waals surface area contributed by atoms with Gasteiger partial charge in [-0.3, -0.25) is 0 Å². The zero-order valence-corrected chi connectivity index (χ0v) is 15.0. The highest BCUT2D eigenvalue weighted by atomic mass is 32.2. The topological polar surface area (TPSA) is 93.5 Å². The predicted octanol–water partition coefficient (Wildman–Crippen LogP) is 2.84. The average molecular weight is 383 g/mol. The third kappa shape index (κ3) is 2.91. The molecule has 0 amide bonds. The number of aromatic nitrogens is 5. The summed E-state index contributed by atoms with van der Waals surface area (Å²) in [5.74, 6) is -0.361. The van der Waals surface area contributed by atoms with Crippen molar-refractivity contribution in [1.29, 1.82) is 0 Å². The molecule has 0 unspecified atom stereocenters.